The van der Waals surface area contributed by atoms with Gasteiger partial charge in [-0.25, -0.2) is 0 Å². The minimum absolute atomic E-state index is 0.0394. The quantitative estimate of drug-likeness (QED) is 0.508. The van der Waals surface area contributed by atoms with E-state index in [9.17, 15) is 9.59 Å². The van der Waals surface area contributed by atoms with Crippen LogP contribution >= 0.6 is 0 Å². The van der Waals surface area contributed by atoms with Crippen LogP contribution in [0.2, 0.25) is 0 Å². The van der Waals surface area contributed by atoms with Gasteiger partial charge in [-0.2, -0.15) is 0 Å². The lowest BCUT2D eigenvalue weighted by molar-refractivity contribution is -0.122. The zero-order chi connectivity index (χ0) is 23.3. The molecule has 0 bridgehead atoms. The zero-order valence-electron chi connectivity index (χ0n) is 19.2. The van der Waals surface area contributed by atoms with Gasteiger partial charge in [0.05, 0.1) is 0 Å². The van der Waals surface area contributed by atoms with E-state index in [1.165, 1.54) is 5.56 Å². The molecule has 5 nitrogen and oxygen atoms in total. The summed E-state index contributed by atoms with van der Waals surface area (Å²) < 4.78 is 5.76. The number of hydrogen-bond donors (Lipinski definition) is 2. The van der Waals surface area contributed by atoms with Crippen molar-refractivity contribution < 1.29 is 14.3 Å². The maximum absolute atomic E-state index is 12.5. The van der Waals surface area contributed by atoms with Gasteiger partial charge in [0.25, 0.3) is 11.8 Å². The molecular formula is C27H30N2O3. The van der Waals surface area contributed by atoms with Gasteiger partial charge in [-0.05, 0) is 72.9 Å². The summed E-state index contributed by atoms with van der Waals surface area (Å²) in [5, 5.41) is 5.72. The summed E-state index contributed by atoms with van der Waals surface area (Å²) in [6, 6.07) is 22.2. The number of rotatable bonds is 6. The van der Waals surface area contributed by atoms with Gasteiger partial charge >= 0.3 is 0 Å². The van der Waals surface area contributed by atoms with Gasteiger partial charge in [0.2, 0.25) is 0 Å². The Morgan fingerprint density at radius 2 is 1.38 bits per heavy atom. The molecule has 0 aliphatic heterocycles. The Morgan fingerprint density at radius 1 is 0.812 bits per heavy atom. The zero-order valence-corrected chi connectivity index (χ0v) is 19.2. The first kappa shape index (κ1) is 23.1. The molecule has 0 spiro atoms. The fourth-order valence-electron chi connectivity index (χ4n) is 3.14. The molecule has 0 aliphatic rings. The van der Waals surface area contributed by atoms with Crippen LogP contribution in [0.1, 0.15) is 49.2 Å². The molecule has 0 unspecified atom stereocenters. The number of benzene rings is 3. The van der Waals surface area contributed by atoms with Crippen LogP contribution in [0.15, 0.2) is 72.8 Å². The second-order valence-corrected chi connectivity index (χ2v) is 8.87. The summed E-state index contributed by atoms with van der Waals surface area (Å²) in [5.41, 5.74) is 4.06. The fourth-order valence-corrected chi connectivity index (χ4v) is 3.14. The van der Waals surface area contributed by atoms with Crippen molar-refractivity contribution in [3.8, 4) is 5.75 Å². The monoisotopic (exact) mass is 430 g/mol. The average Bonchev–Trinajstić information content (AvgIpc) is 2.76. The molecule has 1 atom stereocenters. The minimum atomic E-state index is -0.647. The molecule has 3 rings (SSSR count). The van der Waals surface area contributed by atoms with E-state index in [-0.39, 0.29) is 17.2 Å². The van der Waals surface area contributed by atoms with Crippen LogP contribution in [0.25, 0.3) is 0 Å². The minimum Gasteiger partial charge on any atom is -0.481 e. The molecule has 2 N–H and O–H groups in total. The number of nitrogens with one attached hydrogen (secondary N) is 2. The molecule has 32 heavy (non-hydrogen) atoms. The van der Waals surface area contributed by atoms with Crippen molar-refractivity contribution in [2.24, 2.45) is 0 Å². The summed E-state index contributed by atoms with van der Waals surface area (Å²) in [6.45, 7) is 10.1. The fraction of sp³-hybridized carbons (Fsp3) is 0.259. The molecule has 5 heteroatoms. The molecule has 3 aromatic carbocycles. The van der Waals surface area contributed by atoms with Crippen molar-refractivity contribution >= 4 is 23.2 Å². The summed E-state index contributed by atoms with van der Waals surface area (Å²) in [4.78, 5) is 25.0. The number of hydrogen-bond acceptors (Lipinski definition) is 3. The molecule has 2 amide bonds. The SMILES string of the molecule is Cc1ccccc1O[C@H](C)C(=O)Nc1ccc(NC(=O)c2ccc(C(C)(C)C)cc2)cc1. The van der Waals surface area contributed by atoms with E-state index in [0.717, 1.165) is 5.56 Å². The standard InChI is InChI=1S/C27H30N2O3/c1-18-8-6-7-9-24(18)32-19(2)25(30)28-22-14-16-23(17-15-22)29-26(31)20-10-12-21(13-11-20)27(3,4)5/h6-17,19H,1-5H3,(H,28,30)(H,29,31)/t19-/m1/s1. The molecule has 0 heterocycles. The molecule has 0 fully saturated rings. The Hall–Kier alpha value is -3.60. The van der Waals surface area contributed by atoms with Crippen molar-refractivity contribution in [3.63, 3.8) is 0 Å². The highest BCUT2D eigenvalue weighted by Gasteiger charge is 2.16. The molecule has 3 aromatic rings. The van der Waals surface area contributed by atoms with E-state index in [1.807, 2.05) is 55.5 Å². The number of anilines is 2. The summed E-state index contributed by atoms with van der Waals surface area (Å²) in [5.74, 6) is 0.259. The lowest BCUT2D eigenvalue weighted by atomic mass is 9.87. The molecule has 0 radical (unpaired) electrons. The van der Waals surface area contributed by atoms with E-state index >= 15 is 0 Å². The van der Waals surface area contributed by atoms with E-state index < -0.39 is 6.10 Å². The second-order valence-electron chi connectivity index (χ2n) is 8.87. The number of ether oxygens (including phenoxy) is 1. The third-order valence-corrected chi connectivity index (χ3v) is 5.19. The van der Waals surface area contributed by atoms with E-state index in [1.54, 1.807) is 31.2 Å². The normalized spacial score (nSPS) is 12.0. The Kier molecular flexibility index (Phi) is 6.98. The van der Waals surface area contributed by atoms with Gasteiger partial charge in [0, 0.05) is 16.9 Å². The smallest absolute Gasteiger partial charge is 0.265 e. The van der Waals surface area contributed by atoms with Crippen molar-refractivity contribution in [1.29, 1.82) is 0 Å². The number of aryl methyl sites for hydroxylation is 1. The van der Waals surface area contributed by atoms with Crippen LogP contribution in [-0.4, -0.2) is 17.9 Å². The first-order valence-corrected chi connectivity index (χ1v) is 10.7. The third kappa shape index (κ3) is 5.97. The number of carbonyl (C=O) groups excluding carboxylic acids is 2. The predicted octanol–water partition coefficient (Wildman–Crippen LogP) is 5.95. The Labute approximate surface area is 189 Å². The number of carbonyl (C=O) groups is 2. The van der Waals surface area contributed by atoms with E-state index in [2.05, 4.69) is 31.4 Å². The lowest BCUT2D eigenvalue weighted by Gasteiger charge is -2.19. The lowest BCUT2D eigenvalue weighted by Crippen LogP contribution is -2.30. The molecular weight excluding hydrogens is 400 g/mol. The Morgan fingerprint density at radius 3 is 1.94 bits per heavy atom. The maximum atomic E-state index is 12.5. The van der Waals surface area contributed by atoms with Crippen LogP contribution < -0.4 is 15.4 Å². The van der Waals surface area contributed by atoms with Crippen LogP contribution in [0.3, 0.4) is 0 Å². The average molecular weight is 431 g/mol. The molecule has 0 saturated heterocycles. The number of amides is 2. The molecule has 0 saturated carbocycles. The van der Waals surface area contributed by atoms with Crippen LogP contribution in [0.5, 0.6) is 5.75 Å². The second kappa shape index (κ2) is 9.69. The highest BCUT2D eigenvalue weighted by molar-refractivity contribution is 6.04. The highest BCUT2D eigenvalue weighted by Crippen LogP contribution is 2.23. The predicted molar refractivity (Wildman–Crippen MR) is 129 cm³/mol. The molecule has 166 valence electrons. The van der Waals surface area contributed by atoms with Crippen molar-refractivity contribution in [1.82, 2.24) is 0 Å². The summed E-state index contributed by atoms with van der Waals surface area (Å²) >= 11 is 0. The Bertz CT molecular complexity index is 1080. The summed E-state index contributed by atoms with van der Waals surface area (Å²) in [7, 11) is 0. The van der Waals surface area contributed by atoms with E-state index in [4.69, 9.17) is 4.74 Å². The van der Waals surface area contributed by atoms with Gasteiger partial charge in [0.1, 0.15) is 5.75 Å². The van der Waals surface area contributed by atoms with Gasteiger partial charge in [-0.1, -0.05) is 51.1 Å². The number of para-hydroxylation sites is 1. The van der Waals surface area contributed by atoms with Gasteiger partial charge < -0.3 is 15.4 Å². The van der Waals surface area contributed by atoms with Gasteiger partial charge in [-0.15, -0.1) is 0 Å². The van der Waals surface area contributed by atoms with E-state index in [0.29, 0.717) is 22.7 Å². The summed E-state index contributed by atoms with van der Waals surface area (Å²) in [6.07, 6.45) is -0.647. The molecule has 0 aliphatic carbocycles. The van der Waals surface area contributed by atoms with Crippen LogP contribution in [0.4, 0.5) is 11.4 Å². The largest absolute Gasteiger partial charge is 0.481 e. The van der Waals surface area contributed by atoms with Crippen molar-refractivity contribution in [2.75, 3.05) is 10.6 Å². The first-order valence-electron chi connectivity index (χ1n) is 10.7. The molecule has 0 aromatic heterocycles. The van der Waals surface area contributed by atoms with Gasteiger partial charge in [0.15, 0.2) is 6.10 Å². The van der Waals surface area contributed by atoms with Gasteiger partial charge in [-0.3, -0.25) is 9.59 Å². The first-order chi connectivity index (χ1) is 15.1. The maximum Gasteiger partial charge on any atom is 0.265 e. The van der Waals surface area contributed by atoms with Crippen LogP contribution in [-0.2, 0) is 10.2 Å². The third-order valence-electron chi connectivity index (χ3n) is 5.19. The van der Waals surface area contributed by atoms with Crippen molar-refractivity contribution in [3.05, 3.63) is 89.5 Å². The topological polar surface area (TPSA) is 67.4 Å². The van der Waals surface area contributed by atoms with Crippen molar-refractivity contribution in [2.45, 2.75) is 46.1 Å². The highest BCUT2D eigenvalue weighted by atomic mass is 16.5. The van der Waals surface area contributed by atoms with Crippen LogP contribution in [0, 0.1) is 6.92 Å². The Balaban J connectivity index is 1.57.